The minimum atomic E-state index is 0.331. The predicted molar refractivity (Wildman–Crippen MR) is 68.3 cm³/mol. The van der Waals surface area contributed by atoms with Gasteiger partial charge in [-0.2, -0.15) is 0 Å². The highest BCUT2D eigenvalue weighted by molar-refractivity contribution is 5.39. The summed E-state index contributed by atoms with van der Waals surface area (Å²) in [5.74, 6) is 2.77. The summed E-state index contributed by atoms with van der Waals surface area (Å²) < 4.78 is 5.15. The van der Waals surface area contributed by atoms with Crippen molar-refractivity contribution in [2.75, 3.05) is 13.7 Å². The van der Waals surface area contributed by atoms with Crippen LogP contribution in [-0.2, 0) is 6.54 Å². The summed E-state index contributed by atoms with van der Waals surface area (Å²) in [6.07, 6.45) is 2.76. The molecule has 1 aromatic rings. The SMILES string of the molecule is COc1ccc(O)c(CNCC(C)C2CC2)c1. The fourth-order valence-electron chi connectivity index (χ4n) is 2.10. The van der Waals surface area contributed by atoms with Crippen molar-refractivity contribution in [3.63, 3.8) is 0 Å². The highest BCUT2D eigenvalue weighted by Crippen LogP contribution is 2.36. The van der Waals surface area contributed by atoms with Gasteiger partial charge in [-0.25, -0.2) is 0 Å². The standard InChI is InChI=1S/C14H21NO2/c1-10(11-3-4-11)8-15-9-12-7-13(17-2)5-6-14(12)16/h5-7,10-11,15-16H,3-4,8-9H2,1-2H3. The van der Waals surface area contributed by atoms with Gasteiger partial charge in [0.1, 0.15) is 11.5 Å². The Kier molecular flexibility index (Phi) is 3.89. The highest BCUT2D eigenvalue weighted by Gasteiger charge is 2.27. The van der Waals surface area contributed by atoms with Crippen LogP contribution in [0.2, 0.25) is 0 Å². The minimum absolute atomic E-state index is 0.331. The van der Waals surface area contributed by atoms with Gasteiger partial charge in [0.05, 0.1) is 7.11 Å². The van der Waals surface area contributed by atoms with Crippen molar-refractivity contribution in [3.05, 3.63) is 23.8 Å². The van der Waals surface area contributed by atoms with E-state index in [0.29, 0.717) is 12.3 Å². The van der Waals surface area contributed by atoms with Crippen LogP contribution in [0.1, 0.15) is 25.3 Å². The van der Waals surface area contributed by atoms with Crippen molar-refractivity contribution in [2.24, 2.45) is 11.8 Å². The van der Waals surface area contributed by atoms with E-state index in [0.717, 1.165) is 29.7 Å². The monoisotopic (exact) mass is 235 g/mol. The van der Waals surface area contributed by atoms with Crippen molar-refractivity contribution in [2.45, 2.75) is 26.3 Å². The number of hydrogen-bond acceptors (Lipinski definition) is 3. The number of phenols is 1. The molecule has 0 spiro atoms. The van der Waals surface area contributed by atoms with Crippen LogP contribution < -0.4 is 10.1 Å². The van der Waals surface area contributed by atoms with Crippen molar-refractivity contribution in [3.8, 4) is 11.5 Å². The van der Waals surface area contributed by atoms with Gasteiger partial charge in [0.15, 0.2) is 0 Å². The zero-order chi connectivity index (χ0) is 12.3. The Morgan fingerprint density at radius 3 is 2.88 bits per heavy atom. The molecule has 1 atom stereocenters. The molecular weight excluding hydrogens is 214 g/mol. The van der Waals surface area contributed by atoms with Crippen LogP contribution in [-0.4, -0.2) is 18.8 Å². The fraction of sp³-hybridized carbons (Fsp3) is 0.571. The number of rotatable bonds is 6. The van der Waals surface area contributed by atoms with E-state index in [2.05, 4.69) is 12.2 Å². The maximum atomic E-state index is 9.72. The quantitative estimate of drug-likeness (QED) is 0.796. The molecule has 17 heavy (non-hydrogen) atoms. The Morgan fingerprint density at radius 1 is 1.47 bits per heavy atom. The number of nitrogens with one attached hydrogen (secondary N) is 1. The molecule has 0 heterocycles. The molecule has 2 rings (SSSR count). The van der Waals surface area contributed by atoms with Crippen LogP contribution in [0.15, 0.2) is 18.2 Å². The Hall–Kier alpha value is -1.22. The molecule has 0 saturated heterocycles. The van der Waals surface area contributed by atoms with Gasteiger partial charge in [-0.05, 0) is 49.4 Å². The van der Waals surface area contributed by atoms with Crippen molar-refractivity contribution in [1.82, 2.24) is 5.32 Å². The fourth-order valence-corrected chi connectivity index (χ4v) is 2.10. The lowest BCUT2D eigenvalue weighted by molar-refractivity contribution is 0.408. The van der Waals surface area contributed by atoms with Gasteiger partial charge in [0.25, 0.3) is 0 Å². The topological polar surface area (TPSA) is 41.5 Å². The number of ether oxygens (including phenoxy) is 1. The molecule has 0 aromatic heterocycles. The van der Waals surface area contributed by atoms with Gasteiger partial charge in [0, 0.05) is 12.1 Å². The average molecular weight is 235 g/mol. The van der Waals surface area contributed by atoms with E-state index in [9.17, 15) is 5.11 Å². The first-order valence-corrected chi connectivity index (χ1v) is 6.27. The van der Waals surface area contributed by atoms with E-state index in [1.807, 2.05) is 6.07 Å². The molecule has 1 unspecified atom stereocenters. The third kappa shape index (κ3) is 3.37. The minimum Gasteiger partial charge on any atom is -0.508 e. The summed E-state index contributed by atoms with van der Waals surface area (Å²) in [4.78, 5) is 0. The van der Waals surface area contributed by atoms with Crippen LogP contribution >= 0.6 is 0 Å². The lowest BCUT2D eigenvalue weighted by atomic mass is 10.1. The van der Waals surface area contributed by atoms with Crippen LogP contribution in [0.5, 0.6) is 11.5 Å². The highest BCUT2D eigenvalue weighted by atomic mass is 16.5. The third-order valence-corrected chi connectivity index (χ3v) is 3.50. The molecule has 1 aromatic carbocycles. The summed E-state index contributed by atoms with van der Waals surface area (Å²) >= 11 is 0. The van der Waals surface area contributed by atoms with Crippen molar-refractivity contribution < 1.29 is 9.84 Å². The lowest BCUT2D eigenvalue weighted by Crippen LogP contribution is -2.21. The first-order chi connectivity index (χ1) is 8.20. The summed E-state index contributed by atoms with van der Waals surface area (Å²) in [5.41, 5.74) is 0.896. The van der Waals surface area contributed by atoms with Crippen LogP contribution in [0.4, 0.5) is 0 Å². The number of hydrogen-bond donors (Lipinski definition) is 2. The van der Waals surface area contributed by atoms with Gasteiger partial charge in [-0.1, -0.05) is 6.92 Å². The summed E-state index contributed by atoms with van der Waals surface area (Å²) in [5, 5.41) is 13.1. The summed E-state index contributed by atoms with van der Waals surface area (Å²) in [6.45, 7) is 4.00. The van der Waals surface area contributed by atoms with Gasteiger partial charge >= 0.3 is 0 Å². The molecule has 1 aliphatic rings. The molecule has 2 N–H and O–H groups in total. The van der Waals surface area contributed by atoms with Crippen molar-refractivity contribution in [1.29, 1.82) is 0 Å². The van der Waals surface area contributed by atoms with Crippen LogP contribution in [0, 0.1) is 11.8 Å². The molecule has 1 saturated carbocycles. The van der Waals surface area contributed by atoms with Gasteiger partial charge in [-0.15, -0.1) is 0 Å². The summed E-state index contributed by atoms with van der Waals surface area (Å²) in [7, 11) is 1.64. The molecule has 3 heteroatoms. The van der Waals surface area contributed by atoms with Gasteiger partial charge in [0.2, 0.25) is 0 Å². The van der Waals surface area contributed by atoms with E-state index in [-0.39, 0.29) is 0 Å². The molecule has 1 aliphatic carbocycles. The maximum Gasteiger partial charge on any atom is 0.120 e. The van der Waals surface area contributed by atoms with Crippen molar-refractivity contribution >= 4 is 0 Å². The number of benzene rings is 1. The Labute approximate surface area is 103 Å². The first kappa shape index (κ1) is 12.2. The Balaban J connectivity index is 1.84. The molecule has 1 fully saturated rings. The zero-order valence-electron chi connectivity index (χ0n) is 10.6. The number of phenolic OH excluding ortho intramolecular Hbond substituents is 1. The predicted octanol–water partition coefficient (Wildman–Crippen LogP) is 2.54. The van der Waals surface area contributed by atoms with Crippen LogP contribution in [0.3, 0.4) is 0 Å². The van der Waals surface area contributed by atoms with E-state index < -0.39 is 0 Å². The normalized spacial score (nSPS) is 16.8. The van der Waals surface area contributed by atoms with E-state index >= 15 is 0 Å². The molecule has 0 radical (unpaired) electrons. The second kappa shape index (κ2) is 5.41. The number of aromatic hydroxyl groups is 1. The maximum absolute atomic E-state index is 9.72. The number of methoxy groups -OCH3 is 1. The molecule has 0 bridgehead atoms. The zero-order valence-corrected chi connectivity index (χ0v) is 10.6. The molecule has 0 amide bonds. The smallest absolute Gasteiger partial charge is 0.120 e. The molecular formula is C14H21NO2. The third-order valence-electron chi connectivity index (χ3n) is 3.50. The van der Waals surface area contributed by atoms with E-state index in [4.69, 9.17) is 4.74 Å². The average Bonchev–Trinajstić information content (AvgIpc) is 3.15. The summed E-state index contributed by atoms with van der Waals surface area (Å²) in [6, 6.07) is 5.33. The largest absolute Gasteiger partial charge is 0.508 e. The first-order valence-electron chi connectivity index (χ1n) is 6.27. The Morgan fingerprint density at radius 2 is 2.24 bits per heavy atom. The molecule has 0 aliphatic heterocycles. The second-order valence-corrected chi connectivity index (χ2v) is 4.94. The van der Waals surface area contributed by atoms with Crippen LogP contribution in [0.25, 0.3) is 0 Å². The van der Waals surface area contributed by atoms with Gasteiger partial charge in [-0.3, -0.25) is 0 Å². The lowest BCUT2D eigenvalue weighted by Gasteiger charge is -2.12. The Bertz CT molecular complexity index is 374. The second-order valence-electron chi connectivity index (χ2n) is 4.94. The molecule has 94 valence electrons. The van der Waals surface area contributed by atoms with E-state index in [1.165, 1.54) is 12.8 Å². The van der Waals surface area contributed by atoms with Gasteiger partial charge < -0.3 is 15.2 Å². The van der Waals surface area contributed by atoms with E-state index in [1.54, 1.807) is 19.2 Å². The molecule has 3 nitrogen and oxygen atoms in total.